The molecule has 1 aromatic rings. The largest absolute Gasteiger partial charge is 0.335 e. The van der Waals surface area contributed by atoms with Gasteiger partial charge in [0.15, 0.2) is 0 Å². The number of aromatic nitrogens is 2. The number of nitrogens with zero attached hydrogens (tertiary/aromatic N) is 2. The van der Waals surface area contributed by atoms with Crippen LogP contribution in [0.5, 0.6) is 0 Å². The number of rotatable bonds is 2. The lowest BCUT2D eigenvalue weighted by Crippen LogP contribution is -1.99. The van der Waals surface area contributed by atoms with Crippen molar-refractivity contribution in [1.82, 2.24) is 9.55 Å². The van der Waals surface area contributed by atoms with Gasteiger partial charge >= 0.3 is 0 Å². The van der Waals surface area contributed by atoms with Gasteiger partial charge in [0.05, 0.1) is 6.33 Å². The second kappa shape index (κ2) is 2.67. The molecule has 1 aromatic heterocycles. The molecule has 0 unspecified atom stereocenters. The normalized spacial score (nSPS) is 13.6. The summed E-state index contributed by atoms with van der Waals surface area (Å²) in [5.41, 5.74) is 0. The van der Waals surface area contributed by atoms with Gasteiger partial charge in [-0.1, -0.05) is 6.92 Å². The molecule has 0 aromatic carbocycles. The molecule has 2 nitrogen and oxygen atoms in total. The van der Waals surface area contributed by atoms with Gasteiger partial charge in [0.2, 0.25) is 0 Å². The SMILES string of the molecule is CC[C@@H](C)n1ccnc1. The van der Waals surface area contributed by atoms with Gasteiger partial charge in [-0.3, -0.25) is 0 Å². The van der Waals surface area contributed by atoms with Crippen LogP contribution in [0.4, 0.5) is 0 Å². The third-order valence-electron chi connectivity index (χ3n) is 1.62. The Morgan fingerprint density at radius 2 is 2.44 bits per heavy atom. The monoisotopic (exact) mass is 124 g/mol. The molecule has 1 atom stereocenters. The molecule has 0 amide bonds. The Morgan fingerprint density at radius 3 is 2.89 bits per heavy atom. The summed E-state index contributed by atoms with van der Waals surface area (Å²) in [6, 6.07) is 0.590. The first-order valence-electron chi connectivity index (χ1n) is 3.32. The highest BCUT2D eigenvalue weighted by Gasteiger charge is 1.96. The minimum absolute atomic E-state index is 0.590. The highest BCUT2D eigenvalue weighted by Crippen LogP contribution is 2.06. The van der Waals surface area contributed by atoms with Crippen molar-refractivity contribution in [2.45, 2.75) is 26.3 Å². The fourth-order valence-electron chi connectivity index (χ4n) is 0.741. The number of imidazole rings is 1. The van der Waals surface area contributed by atoms with Gasteiger partial charge in [-0.25, -0.2) is 4.98 Å². The Labute approximate surface area is 55.5 Å². The molecule has 0 fully saturated rings. The van der Waals surface area contributed by atoms with Crippen LogP contribution < -0.4 is 0 Å². The van der Waals surface area contributed by atoms with Crippen LogP contribution in [0, 0.1) is 0 Å². The minimum Gasteiger partial charge on any atom is -0.335 e. The Hall–Kier alpha value is -0.790. The molecule has 50 valence electrons. The van der Waals surface area contributed by atoms with Gasteiger partial charge in [0, 0.05) is 18.4 Å². The summed E-state index contributed by atoms with van der Waals surface area (Å²) in [4.78, 5) is 3.95. The molecule has 2 heteroatoms. The molecule has 1 rings (SSSR count). The van der Waals surface area contributed by atoms with E-state index in [0.29, 0.717) is 6.04 Å². The van der Waals surface area contributed by atoms with Crippen molar-refractivity contribution in [2.75, 3.05) is 0 Å². The van der Waals surface area contributed by atoms with Gasteiger partial charge in [-0.2, -0.15) is 0 Å². The van der Waals surface area contributed by atoms with Crippen LogP contribution in [0.3, 0.4) is 0 Å². The first-order chi connectivity index (χ1) is 4.34. The molecule has 0 saturated heterocycles. The average molecular weight is 124 g/mol. The first kappa shape index (κ1) is 6.33. The van der Waals surface area contributed by atoms with E-state index in [2.05, 4.69) is 23.4 Å². The maximum atomic E-state index is 3.95. The molecule has 0 bridgehead atoms. The van der Waals surface area contributed by atoms with Crippen molar-refractivity contribution in [2.24, 2.45) is 0 Å². The lowest BCUT2D eigenvalue weighted by Gasteiger charge is -2.07. The van der Waals surface area contributed by atoms with Crippen molar-refractivity contribution < 1.29 is 0 Å². The number of hydrogen-bond donors (Lipinski definition) is 0. The zero-order valence-electron chi connectivity index (χ0n) is 5.91. The average Bonchev–Trinajstić information content (AvgIpc) is 2.37. The van der Waals surface area contributed by atoms with E-state index >= 15 is 0 Å². The predicted octanol–water partition coefficient (Wildman–Crippen LogP) is 1.85. The van der Waals surface area contributed by atoms with Crippen molar-refractivity contribution >= 4 is 0 Å². The highest BCUT2D eigenvalue weighted by atomic mass is 15.0. The topological polar surface area (TPSA) is 17.8 Å². The van der Waals surface area contributed by atoms with Gasteiger partial charge < -0.3 is 4.57 Å². The zero-order valence-corrected chi connectivity index (χ0v) is 5.91. The van der Waals surface area contributed by atoms with Crippen LogP contribution >= 0.6 is 0 Å². The summed E-state index contributed by atoms with van der Waals surface area (Å²) in [5.74, 6) is 0. The van der Waals surface area contributed by atoms with Gasteiger partial charge in [-0.05, 0) is 13.3 Å². The van der Waals surface area contributed by atoms with E-state index in [1.165, 1.54) is 0 Å². The lowest BCUT2D eigenvalue weighted by atomic mass is 10.3. The maximum absolute atomic E-state index is 3.95. The molecular formula is C7H12N2. The zero-order chi connectivity index (χ0) is 6.69. The smallest absolute Gasteiger partial charge is 0.0948 e. The second-order valence-corrected chi connectivity index (χ2v) is 2.27. The predicted molar refractivity (Wildman–Crippen MR) is 37.2 cm³/mol. The van der Waals surface area contributed by atoms with E-state index < -0.39 is 0 Å². The first-order valence-corrected chi connectivity index (χ1v) is 3.32. The van der Waals surface area contributed by atoms with Crippen molar-refractivity contribution in [3.05, 3.63) is 18.7 Å². The van der Waals surface area contributed by atoms with Crippen molar-refractivity contribution in [3.63, 3.8) is 0 Å². The van der Waals surface area contributed by atoms with Gasteiger partial charge in [0.1, 0.15) is 0 Å². The van der Waals surface area contributed by atoms with E-state index in [1.54, 1.807) is 0 Å². The summed E-state index contributed by atoms with van der Waals surface area (Å²) in [6.45, 7) is 4.35. The van der Waals surface area contributed by atoms with Crippen molar-refractivity contribution in [1.29, 1.82) is 0 Å². The quantitative estimate of drug-likeness (QED) is 0.588. The lowest BCUT2D eigenvalue weighted by molar-refractivity contribution is 0.530. The Balaban J connectivity index is 2.65. The summed E-state index contributed by atoms with van der Waals surface area (Å²) in [7, 11) is 0. The molecule has 9 heavy (non-hydrogen) atoms. The molecular weight excluding hydrogens is 112 g/mol. The van der Waals surface area contributed by atoms with Gasteiger partial charge in [0.25, 0.3) is 0 Å². The summed E-state index contributed by atoms with van der Waals surface area (Å²) >= 11 is 0. The highest BCUT2D eigenvalue weighted by molar-refractivity contribution is 4.77. The van der Waals surface area contributed by atoms with E-state index in [-0.39, 0.29) is 0 Å². The Bertz CT molecular complexity index is 155. The fourth-order valence-corrected chi connectivity index (χ4v) is 0.741. The van der Waals surface area contributed by atoms with Crippen LogP contribution in [-0.4, -0.2) is 9.55 Å². The van der Waals surface area contributed by atoms with Crippen LogP contribution in [-0.2, 0) is 0 Å². The standard InChI is InChI=1S/C7H12N2/c1-3-7(2)9-5-4-8-6-9/h4-7H,3H2,1-2H3/t7-/m1/s1. The third kappa shape index (κ3) is 1.31. The van der Waals surface area contributed by atoms with Crippen LogP contribution in [0.15, 0.2) is 18.7 Å². The summed E-state index contributed by atoms with van der Waals surface area (Å²) < 4.78 is 2.11. The Kier molecular flexibility index (Phi) is 1.88. The molecule has 0 aliphatic heterocycles. The maximum Gasteiger partial charge on any atom is 0.0948 e. The van der Waals surface area contributed by atoms with Crippen LogP contribution in [0.1, 0.15) is 26.3 Å². The minimum atomic E-state index is 0.590. The van der Waals surface area contributed by atoms with Crippen LogP contribution in [0.2, 0.25) is 0 Å². The molecule has 0 radical (unpaired) electrons. The van der Waals surface area contributed by atoms with E-state index in [1.807, 2.05) is 18.7 Å². The summed E-state index contributed by atoms with van der Waals surface area (Å²) in [6.07, 6.45) is 6.82. The molecule has 0 N–H and O–H groups in total. The molecule has 0 aliphatic carbocycles. The van der Waals surface area contributed by atoms with E-state index in [4.69, 9.17) is 0 Å². The molecule has 0 spiro atoms. The molecule has 1 heterocycles. The van der Waals surface area contributed by atoms with Crippen LogP contribution in [0.25, 0.3) is 0 Å². The van der Waals surface area contributed by atoms with Gasteiger partial charge in [-0.15, -0.1) is 0 Å². The Morgan fingerprint density at radius 1 is 1.67 bits per heavy atom. The summed E-state index contributed by atoms with van der Waals surface area (Å²) in [5, 5.41) is 0. The van der Waals surface area contributed by atoms with E-state index in [0.717, 1.165) is 6.42 Å². The number of hydrogen-bond acceptors (Lipinski definition) is 1. The molecule has 0 aliphatic rings. The van der Waals surface area contributed by atoms with E-state index in [9.17, 15) is 0 Å². The van der Waals surface area contributed by atoms with Crippen molar-refractivity contribution in [3.8, 4) is 0 Å². The fraction of sp³-hybridized carbons (Fsp3) is 0.571. The molecule has 0 saturated carbocycles. The third-order valence-corrected chi connectivity index (χ3v) is 1.62. The second-order valence-electron chi connectivity index (χ2n) is 2.27.